The van der Waals surface area contributed by atoms with Crippen molar-refractivity contribution < 1.29 is 23.7 Å². The third-order valence-corrected chi connectivity index (χ3v) is 3.89. The summed E-state index contributed by atoms with van der Waals surface area (Å²) in [6.45, 7) is 0.866. The van der Waals surface area contributed by atoms with Crippen molar-refractivity contribution in [2.45, 2.75) is 18.2 Å². The van der Waals surface area contributed by atoms with Gasteiger partial charge in [0.25, 0.3) is 5.91 Å². The smallest absolute Gasteiger partial charge is 0.260 e. The number of hydrogen-bond acceptors (Lipinski definition) is 5. The first-order valence-electron chi connectivity index (χ1n) is 7.24. The summed E-state index contributed by atoms with van der Waals surface area (Å²) in [6.07, 6.45) is -0.404. The van der Waals surface area contributed by atoms with Gasteiger partial charge in [0.2, 0.25) is 0 Å². The fourth-order valence-electron chi connectivity index (χ4n) is 2.53. The molecule has 0 saturated carbocycles. The Morgan fingerprint density at radius 1 is 1.23 bits per heavy atom. The van der Waals surface area contributed by atoms with E-state index in [2.05, 4.69) is 0 Å². The van der Waals surface area contributed by atoms with Gasteiger partial charge in [0.05, 0.1) is 19.3 Å². The molecule has 1 heterocycles. The van der Waals surface area contributed by atoms with Crippen molar-refractivity contribution in [2.75, 3.05) is 41.1 Å². The molecule has 1 aromatic rings. The maximum absolute atomic E-state index is 12.3. The minimum absolute atomic E-state index is 0.0227. The van der Waals surface area contributed by atoms with Gasteiger partial charge in [0, 0.05) is 21.3 Å². The lowest BCUT2D eigenvalue weighted by Gasteiger charge is -2.40. The van der Waals surface area contributed by atoms with Crippen molar-refractivity contribution in [3.05, 3.63) is 30.3 Å². The molecule has 0 spiro atoms. The largest absolute Gasteiger partial charge is 0.484 e. The average Bonchev–Trinajstić information content (AvgIpc) is 2.59. The quantitative estimate of drug-likeness (QED) is 0.783. The van der Waals surface area contributed by atoms with Crippen LogP contribution >= 0.6 is 0 Å². The van der Waals surface area contributed by atoms with Gasteiger partial charge in [0.15, 0.2) is 6.61 Å². The molecule has 122 valence electrons. The number of likely N-dealkylation sites (N-methyl/N-ethyl adjacent to an activating group) is 1. The standard InChI is InChI=1S/C16H23NO5/c1-17(13-9-21-10-14(19-2)16(13)20-3)15(18)11-22-12-7-5-4-6-8-12/h4-8,13-14,16H,9-11H2,1-3H3/t13-,14-,16+/m1/s1. The number of rotatable bonds is 6. The number of carbonyl (C=O) groups excluding carboxylic acids is 1. The number of hydrogen-bond donors (Lipinski definition) is 0. The molecule has 1 aliphatic heterocycles. The van der Waals surface area contributed by atoms with Crippen molar-refractivity contribution in [3.63, 3.8) is 0 Å². The van der Waals surface area contributed by atoms with Crippen LogP contribution in [0.1, 0.15) is 0 Å². The molecule has 0 radical (unpaired) electrons. The van der Waals surface area contributed by atoms with Gasteiger partial charge in [-0.15, -0.1) is 0 Å². The van der Waals surface area contributed by atoms with Gasteiger partial charge >= 0.3 is 0 Å². The second-order valence-electron chi connectivity index (χ2n) is 5.19. The second-order valence-corrected chi connectivity index (χ2v) is 5.19. The van der Waals surface area contributed by atoms with E-state index in [0.717, 1.165) is 0 Å². The van der Waals surface area contributed by atoms with E-state index in [0.29, 0.717) is 19.0 Å². The first-order chi connectivity index (χ1) is 10.7. The van der Waals surface area contributed by atoms with Crippen molar-refractivity contribution in [2.24, 2.45) is 0 Å². The van der Waals surface area contributed by atoms with Crippen LogP contribution in [-0.4, -0.2) is 70.1 Å². The zero-order valence-electron chi connectivity index (χ0n) is 13.2. The number of amides is 1. The minimum atomic E-state index is -0.218. The molecule has 1 saturated heterocycles. The van der Waals surface area contributed by atoms with Gasteiger partial charge < -0.3 is 23.8 Å². The summed E-state index contributed by atoms with van der Waals surface area (Å²) in [6, 6.07) is 9.06. The number of para-hydroxylation sites is 1. The molecule has 1 aliphatic rings. The molecule has 1 fully saturated rings. The molecule has 22 heavy (non-hydrogen) atoms. The maximum Gasteiger partial charge on any atom is 0.260 e. The van der Waals surface area contributed by atoms with Crippen LogP contribution in [0.2, 0.25) is 0 Å². The van der Waals surface area contributed by atoms with Gasteiger partial charge in [-0.25, -0.2) is 0 Å². The van der Waals surface area contributed by atoms with E-state index in [4.69, 9.17) is 18.9 Å². The Morgan fingerprint density at radius 2 is 1.95 bits per heavy atom. The third-order valence-electron chi connectivity index (χ3n) is 3.89. The molecule has 0 bridgehead atoms. The Hall–Kier alpha value is -1.63. The molecular formula is C16H23NO5. The number of ether oxygens (including phenoxy) is 4. The topological polar surface area (TPSA) is 57.2 Å². The van der Waals surface area contributed by atoms with Crippen molar-refractivity contribution in [3.8, 4) is 5.75 Å². The summed E-state index contributed by atoms with van der Waals surface area (Å²) < 4.78 is 21.9. The third kappa shape index (κ3) is 3.97. The van der Waals surface area contributed by atoms with Crippen molar-refractivity contribution in [1.29, 1.82) is 0 Å². The maximum atomic E-state index is 12.3. The van der Waals surface area contributed by atoms with E-state index >= 15 is 0 Å². The second kappa shape index (κ2) is 8.12. The minimum Gasteiger partial charge on any atom is -0.484 e. The van der Waals surface area contributed by atoms with E-state index in [1.54, 1.807) is 26.2 Å². The molecule has 1 aromatic carbocycles. The molecule has 6 nitrogen and oxygen atoms in total. The first-order valence-corrected chi connectivity index (χ1v) is 7.24. The van der Waals surface area contributed by atoms with Gasteiger partial charge in [0.1, 0.15) is 18.0 Å². The molecule has 0 aliphatic carbocycles. The molecule has 6 heteroatoms. The fourth-order valence-corrected chi connectivity index (χ4v) is 2.53. The van der Waals surface area contributed by atoms with E-state index in [-0.39, 0.29) is 30.8 Å². The van der Waals surface area contributed by atoms with Gasteiger partial charge in [-0.2, -0.15) is 0 Å². The zero-order chi connectivity index (χ0) is 15.9. The van der Waals surface area contributed by atoms with E-state index in [9.17, 15) is 4.79 Å². The van der Waals surface area contributed by atoms with Crippen LogP contribution in [0.3, 0.4) is 0 Å². The summed E-state index contributed by atoms with van der Waals surface area (Å²) >= 11 is 0. The van der Waals surface area contributed by atoms with Crippen molar-refractivity contribution in [1.82, 2.24) is 4.90 Å². The Kier molecular flexibility index (Phi) is 6.18. The summed E-state index contributed by atoms with van der Waals surface area (Å²) in [7, 11) is 4.96. The van der Waals surface area contributed by atoms with Gasteiger partial charge in [-0.1, -0.05) is 18.2 Å². The predicted octanol–water partition coefficient (Wildman–Crippen LogP) is 0.953. The van der Waals surface area contributed by atoms with Crippen LogP contribution in [0, 0.1) is 0 Å². The van der Waals surface area contributed by atoms with E-state index in [1.165, 1.54) is 0 Å². The summed E-state index contributed by atoms with van der Waals surface area (Å²) in [4.78, 5) is 13.9. The van der Waals surface area contributed by atoms with Crippen LogP contribution in [0.5, 0.6) is 5.75 Å². The molecular weight excluding hydrogens is 286 g/mol. The van der Waals surface area contributed by atoms with Gasteiger partial charge in [-0.3, -0.25) is 4.79 Å². The lowest BCUT2D eigenvalue weighted by Crippen LogP contribution is -2.58. The average molecular weight is 309 g/mol. The SMILES string of the molecule is CO[C@H]1[C@H](N(C)C(=O)COc2ccccc2)COC[C@H]1OC. The monoisotopic (exact) mass is 309 g/mol. The van der Waals surface area contributed by atoms with E-state index < -0.39 is 0 Å². The van der Waals surface area contributed by atoms with Crippen LogP contribution < -0.4 is 4.74 Å². The van der Waals surface area contributed by atoms with Crippen LogP contribution in [-0.2, 0) is 19.0 Å². The zero-order valence-corrected chi connectivity index (χ0v) is 13.2. The summed E-state index contributed by atoms with van der Waals surface area (Å²) in [5, 5.41) is 0. The van der Waals surface area contributed by atoms with Crippen LogP contribution in [0.15, 0.2) is 30.3 Å². The highest BCUT2D eigenvalue weighted by atomic mass is 16.6. The van der Waals surface area contributed by atoms with E-state index in [1.807, 2.05) is 30.3 Å². The molecule has 0 unspecified atom stereocenters. The highest BCUT2D eigenvalue weighted by Crippen LogP contribution is 2.19. The first kappa shape index (κ1) is 16.7. The highest BCUT2D eigenvalue weighted by molar-refractivity contribution is 5.78. The Morgan fingerprint density at radius 3 is 2.59 bits per heavy atom. The normalized spacial score (nSPS) is 24.8. The Bertz CT molecular complexity index is 467. The molecule has 0 aromatic heterocycles. The lowest BCUT2D eigenvalue weighted by molar-refractivity contribution is -0.165. The van der Waals surface area contributed by atoms with Crippen LogP contribution in [0.25, 0.3) is 0 Å². The fraction of sp³-hybridized carbons (Fsp3) is 0.562. The Labute approximate surface area is 130 Å². The predicted molar refractivity (Wildman–Crippen MR) is 80.9 cm³/mol. The number of carbonyl (C=O) groups is 1. The summed E-state index contributed by atoms with van der Waals surface area (Å²) in [5.41, 5.74) is 0. The number of benzene rings is 1. The molecule has 2 rings (SSSR count). The van der Waals surface area contributed by atoms with Crippen molar-refractivity contribution >= 4 is 5.91 Å². The Balaban J connectivity index is 1.93. The number of nitrogens with zero attached hydrogens (tertiary/aromatic N) is 1. The highest BCUT2D eigenvalue weighted by Gasteiger charge is 2.38. The summed E-state index contributed by atoms with van der Waals surface area (Å²) in [5.74, 6) is 0.540. The van der Waals surface area contributed by atoms with Gasteiger partial charge in [-0.05, 0) is 12.1 Å². The molecule has 1 amide bonds. The molecule has 0 N–H and O–H groups in total. The van der Waals surface area contributed by atoms with Crippen LogP contribution in [0.4, 0.5) is 0 Å². The molecule has 3 atom stereocenters. The lowest BCUT2D eigenvalue weighted by atomic mass is 10.0. The number of methoxy groups -OCH3 is 2.